The average molecular weight is 290 g/mol. The van der Waals surface area contributed by atoms with Gasteiger partial charge in [-0.2, -0.15) is 0 Å². The van der Waals surface area contributed by atoms with Gasteiger partial charge in [0.25, 0.3) is 0 Å². The van der Waals surface area contributed by atoms with E-state index in [4.69, 9.17) is 23.1 Å². The molecule has 0 radical (unpaired) electrons. The normalized spacial score (nSPS) is 14.2. The van der Waals surface area contributed by atoms with E-state index in [-0.39, 0.29) is 0 Å². The summed E-state index contributed by atoms with van der Waals surface area (Å²) in [4.78, 5) is 12.8. The highest BCUT2D eigenvalue weighted by Gasteiger charge is 2.25. The number of terminal acetylenes is 1. The van der Waals surface area contributed by atoms with Crippen LogP contribution in [0.2, 0.25) is 5.02 Å². The van der Waals surface area contributed by atoms with Crippen molar-refractivity contribution in [1.29, 1.82) is 0 Å². The van der Waals surface area contributed by atoms with Gasteiger partial charge in [0.15, 0.2) is 0 Å². The fraction of sp³-hybridized carbons (Fsp3) is 0.312. The van der Waals surface area contributed by atoms with E-state index >= 15 is 0 Å². The van der Waals surface area contributed by atoms with Crippen molar-refractivity contribution in [2.45, 2.75) is 12.8 Å². The molecule has 0 heterocycles. The van der Waals surface area contributed by atoms with Crippen molar-refractivity contribution in [3.8, 4) is 12.3 Å². The molecule has 1 fully saturated rings. The summed E-state index contributed by atoms with van der Waals surface area (Å²) in [6, 6.07) is 5.40. The second-order valence-electron chi connectivity index (χ2n) is 4.90. The lowest BCUT2D eigenvalue weighted by Gasteiger charge is -2.24. The zero-order valence-corrected chi connectivity index (χ0v) is 11.8. The van der Waals surface area contributed by atoms with Crippen LogP contribution in [-0.2, 0) is 4.79 Å². The zero-order chi connectivity index (χ0) is 14.5. The first-order chi connectivity index (χ1) is 9.60. The molecule has 0 unspecified atom stereocenters. The summed E-state index contributed by atoms with van der Waals surface area (Å²) in [6.07, 6.45) is 10.6. The molecule has 1 aliphatic rings. The van der Waals surface area contributed by atoms with Crippen LogP contribution in [0, 0.1) is 18.3 Å². The van der Waals surface area contributed by atoms with Crippen molar-refractivity contribution in [3.63, 3.8) is 0 Å². The number of hydrogen-bond donors (Lipinski definition) is 1. The maximum absolute atomic E-state index is 10.7. The molecule has 0 aliphatic heterocycles. The number of carboxylic acid groups (broad SMARTS) is 1. The maximum Gasteiger partial charge on any atom is 0.328 e. The fourth-order valence-electron chi connectivity index (χ4n) is 2.06. The lowest BCUT2D eigenvalue weighted by Crippen LogP contribution is -2.26. The van der Waals surface area contributed by atoms with Crippen LogP contribution in [0.3, 0.4) is 0 Å². The molecule has 1 aromatic rings. The average Bonchev–Trinajstić information content (AvgIpc) is 3.20. The summed E-state index contributed by atoms with van der Waals surface area (Å²) < 4.78 is 0. The smallest absolute Gasteiger partial charge is 0.328 e. The summed E-state index contributed by atoms with van der Waals surface area (Å²) >= 11 is 6.06. The molecular formula is C16H16ClNO2. The van der Waals surface area contributed by atoms with Crippen molar-refractivity contribution in [2.24, 2.45) is 5.92 Å². The predicted molar refractivity (Wildman–Crippen MR) is 81.9 cm³/mol. The minimum Gasteiger partial charge on any atom is -0.478 e. The number of anilines is 1. The second kappa shape index (κ2) is 6.49. The standard InChI is InChI=1S/C16H16ClNO2/c1-2-9-18(11-12-3-4-12)15-10-14(17)7-5-13(15)6-8-16(19)20/h1,5-8,10,12H,3-4,9,11H2,(H,19,20)/b8-6+. The van der Waals surface area contributed by atoms with Gasteiger partial charge in [0.1, 0.15) is 0 Å². The van der Waals surface area contributed by atoms with Crippen molar-refractivity contribution < 1.29 is 9.90 Å². The quantitative estimate of drug-likeness (QED) is 0.645. The highest BCUT2D eigenvalue weighted by atomic mass is 35.5. The van der Waals surface area contributed by atoms with Gasteiger partial charge < -0.3 is 10.0 Å². The van der Waals surface area contributed by atoms with E-state index in [1.165, 1.54) is 12.8 Å². The number of benzene rings is 1. The summed E-state index contributed by atoms with van der Waals surface area (Å²) in [6.45, 7) is 1.38. The Morgan fingerprint density at radius 2 is 2.30 bits per heavy atom. The Morgan fingerprint density at radius 3 is 2.90 bits per heavy atom. The third kappa shape index (κ3) is 4.04. The molecule has 0 aromatic heterocycles. The van der Waals surface area contributed by atoms with Gasteiger partial charge in [-0.1, -0.05) is 23.6 Å². The van der Waals surface area contributed by atoms with Crippen LogP contribution >= 0.6 is 11.6 Å². The first kappa shape index (κ1) is 14.5. The molecule has 1 aliphatic carbocycles. The number of hydrogen-bond acceptors (Lipinski definition) is 2. The number of nitrogens with zero attached hydrogens (tertiary/aromatic N) is 1. The zero-order valence-electron chi connectivity index (χ0n) is 11.1. The maximum atomic E-state index is 10.7. The molecule has 1 saturated carbocycles. The number of carboxylic acids is 1. The molecule has 1 N–H and O–H groups in total. The van der Waals surface area contributed by atoms with Gasteiger partial charge in [-0.05, 0) is 42.5 Å². The Hall–Kier alpha value is -1.92. The Bertz CT molecular complexity index is 570. The lowest BCUT2D eigenvalue weighted by atomic mass is 10.1. The largest absolute Gasteiger partial charge is 0.478 e. The van der Waals surface area contributed by atoms with Gasteiger partial charge in [0.2, 0.25) is 0 Å². The number of halogens is 1. The molecule has 4 heteroatoms. The number of carbonyl (C=O) groups is 1. The van der Waals surface area contributed by atoms with Crippen LogP contribution in [0.1, 0.15) is 18.4 Å². The Kier molecular flexibility index (Phi) is 4.70. The highest BCUT2D eigenvalue weighted by molar-refractivity contribution is 6.31. The number of aliphatic carboxylic acids is 1. The first-order valence-electron chi connectivity index (χ1n) is 6.49. The van der Waals surface area contributed by atoms with Crippen molar-refractivity contribution >= 4 is 29.3 Å². The lowest BCUT2D eigenvalue weighted by molar-refractivity contribution is -0.131. The van der Waals surface area contributed by atoms with Gasteiger partial charge in [0, 0.05) is 23.3 Å². The molecule has 2 rings (SSSR count). The van der Waals surface area contributed by atoms with Crippen LogP contribution in [0.5, 0.6) is 0 Å². The van der Waals surface area contributed by atoms with Gasteiger partial charge in [0.05, 0.1) is 6.54 Å². The molecule has 0 saturated heterocycles. The summed E-state index contributed by atoms with van der Waals surface area (Å²) in [5, 5.41) is 9.37. The Balaban J connectivity index is 2.32. The molecule has 3 nitrogen and oxygen atoms in total. The number of rotatable bonds is 6. The van der Waals surface area contributed by atoms with E-state index in [9.17, 15) is 4.79 Å². The van der Waals surface area contributed by atoms with Crippen LogP contribution in [0.15, 0.2) is 24.3 Å². The van der Waals surface area contributed by atoms with Gasteiger partial charge >= 0.3 is 5.97 Å². The van der Waals surface area contributed by atoms with E-state index in [1.807, 2.05) is 12.1 Å². The second-order valence-corrected chi connectivity index (χ2v) is 5.34. The molecule has 0 spiro atoms. The molecular weight excluding hydrogens is 274 g/mol. The van der Waals surface area contributed by atoms with Crippen molar-refractivity contribution in [3.05, 3.63) is 34.9 Å². The molecule has 0 atom stereocenters. The molecule has 20 heavy (non-hydrogen) atoms. The SMILES string of the molecule is C#CCN(CC1CC1)c1cc(Cl)ccc1/C=C/C(=O)O. The van der Waals surface area contributed by atoms with Crippen molar-refractivity contribution in [1.82, 2.24) is 0 Å². The summed E-state index contributed by atoms with van der Waals surface area (Å²) in [5.41, 5.74) is 1.70. The van der Waals surface area contributed by atoms with Gasteiger partial charge in [-0.25, -0.2) is 4.79 Å². The third-order valence-corrected chi connectivity index (χ3v) is 3.43. The minimum atomic E-state index is -0.975. The van der Waals surface area contributed by atoms with Crippen LogP contribution in [-0.4, -0.2) is 24.2 Å². The first-order valence-corrected chi connectivity index (χ1v) is 6.87. The van der Waals surface area contributed by atoms with E-state index < -0.39 is 5.97 Å². The molecule has 1 aromatic carbocycles. The Morgan fingerprint density at radius 1 is 1.55 bits per heavy atom. The predicted octanol–water partition coefficient (Wildman–Crippen LogP) is 3.29. The van der Waals surface area contributed by atoms with Crippen LogP contribution < -0.4 is 4.90 Å². The van der Waals surface area contributed by atoms with E-state index in [0.29, 0.717) is 17.5 Å². The van der Waals surface area contributed by atoms with E-state index in [1.54, 1.807) is 12.1 Å². The third-order valence-electron chi connectivity index (χ3n) is 3.20. The van der Waals surface area contributed by atoms with Gasteiger partial charge in [-0.15, -0.1) is 6.42 Å². The highest BCUT2D eigenvalue weighted by Crippen LogP contribution is 2.33. The van der Waals surface area contributed by atoms with Gasteiger partial charge in [-0.3, -0.25) is 0 Å². The topological polar surface area (TPSA) is 40.5 Å². The van der Waals surface area contributed by atoms with Crippen LogP contribution in [0.25, 0.3) is 6.08 Å². The van der Waals surface area contributed by atoms with E-state index in [2.05, 4.69) is 10.8 Å². The Labute approximate surface area is 123 Å². The molecule has 0 amide bonds. The van der Waals surface area contributed by atoms with E-state index in [0.717, 1.165) is 23.9 Å². The molecule has 104 valence electrons. The molecule has 0 bridgehead atoms. The monoisotopic (exact) mass is 289 g/mol. The minimum absolute atomic E-state index is 0.491. The fourth-order valence-corrected chi connectivity index (χ4v) is 2.23. The summed E-state index contributed by atoms with van der Waals surface area (Å²) in [7, 11) is 0. The van der Waals surface area contributed by atoms with Crippen molar-refractivity contribution in [2.75, 3.05) is 18.0 Å². The van der Waals surface area contributed by atoms with Crippen LogP contribution in [0.4, 0.5) is 5.69 Å². The summed E-state index contributed by atoms with van der Waals surface area (Å²) in [5.74, 6) is 2.36.